The standard InChI is InChI=1S/C20H22N4O4/c1-3-21-19(26)20(27)24-22-12-15-8-6-9-16(11-15)28-13-18(25)23-17-10-5-4-7-14(17)2/h4-12H,3,13H2,1-2H3,(H,21,26)(H,23,25)(H,24,27)/b22-12-. The molecule has 2 aromatic carbocycles. The highest BCUT2D eigenvalue weighted by Gasteiger charge is 2.10. The Morgan fingerprint density at radius 3 is 2.61 bits per heavy atom. The van der Waals surface area contributed by atoms with Gasteiger partial charge in [0, 0.05) is 12.2 Å². The van der Waals surface area contributed by atoms with Crippen LogP contribution in [0.5, 0.6) is 5.75 Å². The van der Waals surface area contributed by atoms with Gasteiger partial charge in [0.25, 0.3) is 5.91 Å². The summed E-state index contributed by atoms with van der Waals surface area (Å²) in [5.41, 5.74) is 4.46. The second-order valence-electron chi connectivity index (χ2n) is 5.78. The Hall–Kier alpha value is -3.68. The number of aryl methyl sites for hydroxylation is 1. The Bertz CT molecular complexity index is 880. The first-order valence-electron chi connectivity index (χ1n) is 8.69. The van der Waals surface area contributed by atoms with E-state index >= 15 is 0 Å². The number of benzene rings is 2. The van der Waals surface area contributed by atoms with Crippen LogP contribution >= 0.6 is 0 Å². The monoisotopic (exact) mass is 382 g/mol. The zero-order chi connectivity index (χ0) is 20.4. The van der Waals surface area contributed by atoms with E-state index < -0.39 is 11.8 Å². The number of amides is 3. The van der Waals surface area contributed by atoms with Gasteiger partial charge in [-0.2, -0.15) is 5.10 Å². The summed E-state index contributed by atoms with van der Waals surface area (Å²) in [6, 6.07) is 14.3. The number of para-hydroxylation sites is 1. The third-order valence-corrected chi connectivity index (χ3v) is 3.57. The van der Waals surface area contributed by atoms with Gasteiger partial charge in [0.15, 0.2) is 6.61 Å². The van der Waals surface area contributed by atoms with Gasteiger partial charge in [-0.15, -0.1) is 0 Å². The molecule has 3 amide bonds. The minimum atomic E-state index is -0.849. The van der Waals surface area contributed by atoms with Crippen LogP contribution < -0.4 is 20.8 Å². The van der Waals surface area contributed by atoms with E-state index in [4.69, 9.17) is 4.74 Å². The number of anilines is 1. The summed E-state index contributed by atoms with van der Waals surface area (Å²) in [7, 11) is 0. The normalized spacial score (nSPS) is 10.4. The average Bonchev–Trinajstić information content (AvgIpc) is 2.68. The highest BCUT2D eigenvalue weighted by molar-refractivity contribution is 6.35. The first-order valence-corrected chi connectivity index (χ1v) is 8.69. The Morgan fingerprint density at radius 1 is 1.07 bits per heavy atom. The topological polar surface area (TPSA) is 109 Å². The SMILES string of the molecule is CCNC(=O)C(=O)N/N=C\c1cccc(OCC(=O)Nc2ccccc2C)c1. The van der Waals surface area contributed by atoms with Gasteiger partial charge in [0.05, 0.1) is 6.21 Å². The van der Waals surface area contributed by atoms with Gasteiger partial charge in [0.1, 0.15) is 5.75 Å². The number of hydrogen-bond donors (Lipinski definition) is 3. The number of carbonyl (C=O) groups is 3. The summed E-state index contributed by atoms with van der Waals surface area (Å²) < 4.78 is 5.49. The summed E-state index contributed by atoms with van der Waals surface area (Å²) in [4.78, 5) is 34.8. The van der Waals surface area contributed by atoms with E-state index in [9.17, 15) is 14.4 Å². The molecule has 0 spiro atoms. The molecule has 0 saturated carbocycles. The molecule has 3 N–H and O–H groups in total. The molecule has 0 aliphatic carbocycles. The van der Waals surface area contributed by atoms with Gasteiger partial charge < -0.3 is 15.4 Å². The fourth-order valence-corrected chi connectivity index (χ4v) is 2.19. The smallest absolute Gasteiger partial charge is 0.329 e. The molecule has 0 aromatic heterocycles. The first-order chi connectivity index (χ1) is 13.5. The molecule has 8 nitrogen and oxygen atoms in total. The number of rotatable bonds is 7. The van der Waals surface area contributed by atoms with Crippen LogP contribution in [0, 0.1) is 6.92 Å². The molecule has 0 bridgehead atoms. The van der Waals surface area contributed by atoms with E-state index in [1.807, 2.05) is 31.2 Å². The second-order valence-corrected chi connectivity index (χ2v) is 5.78. The molecule has 0 saturated heterocycles. The average molecular weight is 382 g/mol. The fraction of sp³-hybridized carbons (Fsp3) is 0.200. The van der Waals surface area contributed by atoms with Gasteiger partial charge in [-0.25, -0.2) is 5.43 Å². The Morgan fingerprint density at radius 2 is 1.86 bits per heavy atom. The van der Waals surface area contributed by atoms with E-state index in [2.05, 4.69) is 21.2 Å². The Balaban J connectivity index is 1.86. The zero-order valence-corrected chi connectivity index (χ0v) is 15.7. The largest absolute Gasteiger partial charge is 0.484 e. The molecule has 0 aliphatic heterocycles. The molecular weight excluding hydrogens is 360 g/mol. The summed E-state index contributed by atoms with van der Waals surface area (Å²) in [6.45, 7) is 3.82. The number of hydrogen-bond acceptors (Lipinski definition) is 5. The van der Waals surface area contributed by atoms with Crippen molar-refractivity contribution in [3.05, 3.63) is 59.7 Å². The van der Waals surface area contributed by atoms with E-state index in [-0.39, 0.29) is 12.5 Å². The second kappa shape index (κ2) is 10.5. The van der Waals surface area contributed by atoms with Crippen LogP contribution in [-0.2, 0) is 14.4 Å². The third-order valence-electron chi connectivity index (χ3n) is 3.57. The van der Waals surface area contributed by atoms with Crippen LogP contribution in [0.3, 0.4) is 0 Å². The van der Waals surface area contributed by atoms with Crippen molar-refractivity contribution < 1.29 is 19.1 Å². The molecule has 146 valence electrons. The Labute approximate surface area is 163 Å². The van der Waals surface area contributed by atoms with E-state index in [1.54, 1.807) is 31.2 Å². The van der Waals surface area contributed by atoms with Crippen LogP contribution in [0.1, 0.15) is 18.1 Å². The van der Waals surface area contributed by atoms with E-state index in [0.717, 1.165) is 11.3 Å². The van der Waals surface area contributed by atoms with E-state index in [1.165, 1.54) is 6.21 Å². The van der Waals surface area contributed by atoms with Gasteiger partial charge in [-0.1, -0.05) is 30.3 Å². The third kappa shape index (κ3) is 6.56. The van der Waals surface area contributed by atoms with Gasteiger partial charge >= 0.3 is 11.8 Å². The molecule has 8 heteroatoms. The van der Waals surface area contributed by atoms with E-state index in [0.29, 0.717) is 17.9 Å². The van der Waals surface area contributed by atoms with Crippen molar-refractivity contribution in [1.82, 2.24) is 10.7 Å². The van der Waals surface area contributed by atoms with Crippen molar-refractivity contribution in [3.63, 3.8) is 0 Å². The lowest BCUT2D eigenvalue weighted by Crippen LogP contribution is -2.37. The number of nitrogens with zero attached hydrogens (tertiary/aromatic N) is 1. The summed E-state index contributed by atoms with van der Waals surface area (Å²) in [5, 5.41) is 8.88. The number of nitrogens with one attached hydrogen (secondary N) is 3. The number of carbonyl (C=O) groups excluding carboxylic acids is 3. The molecule has 0 atom stereocenters. The lowest BCUT2D eigenvalue weighted by atomic mass is 10.2. The number of hydrazone groups is 1. The maximum atomic E-state index is 12.0. The molecular formula is C20H22N4O4. The van der Waals surface area contributed by atoms with Gasteiger partial charge in [0.2, 0.25) is 0 Å². The van der Waals surface area contributed by atoms with Crippen LogP contribution in [0.25, 0.3) is 0 Å². The van der Waals surface area contributed by atoms with Crippen molar-refractivity contribution in [2.75, 3.05) is 18.5 Å². The minimum Gasteiger partial charge on any atom is -0.484 e. The van der Waals surface area contributed by atoms with Crippen molar-refractivity contribution >= 4 is 29.6 Å². The molecule has 0 unspecified atom stereocenters. The fourth-order valence-electron chi connectivity index (χ4n) is 2.19. The predicted molar refractivity (Wildman–Crippen MR) is 106 cm³/mol. The zero-order valence-electron chi connectivity index (χ0n) is 15.7. The number of ether oxygens (including phenoxy) is 1. The van der Waals surface area contributed by atoms with Crippen molar-refractivity contribution in [3.8, 4) is 5.75 Å². The summed E-state index contributed by atoms with van der Waals surface area (Å²) >= 11 is 0. The van der Waals surface area contributed by atoms with Crippen LogP contribution in [0.2, 0.25) is 0 Å². The van der Waals surface area contributed by atoms with Gasteiger partial charge in [-0.3, -0.25) is 14.4 Å². The molecule has 0 fully saturated rings. The Kier molecular flexibility index (Phi) is 7.71. The number of likely N-dealkylation sites (N-methyl/N-ethyl adjacent to an activating group) is 1. The van der Waals surface area contributed by atoms with Gasteiger partial charge in [-0.05, 0) is 43.2 Å². The predicted octanol–water partition coefficient (Wildman–Crippen LogP) is 1.60. The first kappa shape index (κ1) is 20.6. The quantitative estimate of drug-likeness (QED) is 0.384. The van der Waals surface area contributed by atoms with Crippen LogP contribution in [-0.4, -0.2) is 37.1 Å². The van der Waals surface area contributed by atoms with Crippen molar-refractivity contribution in [2.24, 2.45) is 5.10 Å². The summed E-state index contributed by atoms with van der Waals surface area (Å²) in [5.74, 6) is -1.41. The van der Waals surface area contributed by atoms with Crippen LogP contribution in [0.4, 0.5) is 5.69 Å². The molecule has 0 heterocycles. The molecule has 2 aromatic rings. The van der Waals surface area contributed by atoms with Crippen LogP contribution in [0.15, 0.2) is 53.6 Å². The summed E-state index contributed by atoms with van der Waals surface area (Å²) in [6.07, 6.45) is 1.37. The lowest BCUT2D eigenvalue weighted by molar-refractivity contribution is -0.139. The highest BCUT2D eigenvalue weighted by Crippen LogP contribution is 2.14. The lowest BCUT2D eigenvalue weighted by Gasteiger charge is -2.09. The maximum absolute atomic E-state index is 12.0. The minimum absolute atomic E-state index is 0.150. The highest BCUT2D eigenvalue weighted by atomic mass is 16.5. The molecule has 0 aliphatic rings. The van der Waals surface area contributed by atoms with Crippen molar-refractivity contribution in [1.29, 1.82) is 0 Å². The molecule has 0 radical (unpaired) electrons. The van der Waals surface area contributed by atoms with Crippen molar-refractivity contribution in [2.45, 2.75) is 13.8 Å². The molecule has 2 rings (SSSR count). The molecule has 28 heavy (non-hydrogen) atoms. The maximum Gasteiger partial charge on any atom is 0.329 e.